The predicted octanol–water partition coefficient (Wildman–Crippen LogP) is 5.54. The molecule has 2 aromatic carbocycles. The maximum Gasteiger partial charge on any atom is 0.336 e. The summed E-state index contributed by atoms with van der Waals surface area (Å²) in [5, 5.41) is 4.41. The number of benzene rings is 2. The summed E-state index contributed by atoms with van der Waals surface area (Å²) in [6.07, 6.45) is 0.0351. The van der Waals surface area contributed by atoms with Crippen molar-refractivity contribution in [2.75, 3.05) is 12.4 Å². The number of hydrogen-bond acceptors (Lipinski definition) is 4. The Labute approximate surface area is 160 Å². The molecular formula is C23H27NO3. The molecule has 3 aromatic rings. The van der Waals surface area contributed by atoms with E-state index in [4.69, 9.17) is 9.15 Å². The van der Waals surface area contributed by atoms with Gasteiger partial charge in [-0.15, -0.1) is 0 Å². The highest BCUT2D eigenvalue weighted by atomic mass is 16.5. The van der Waals surface area contributed by atoms with Crippen molar-refractivity contribution in [1.82, 2.24) is 0 Å². The van der Waals surface area contributed by atoms with Gasteiger partial charge in [-0.05, 0) is 66.3 Å². The molecule has 1 N–H and O–H groups in total. The Morgan fingerprint density at radius 3 is 2.59 bits per heavy atom. The minimum Gasteiger partial charge on any atom is -0.423 e. The first-order valence-corrected chi connectivity index (χ1v) is 9.33. The molecule has 1 unspecified atom stereocenters. The van der Waals surface area contributed by atoms with Crippen LogP contribution in [-0.2, 0) is 11.3 Å². The summed E-state index contributed by atoms with van der Waals surface area (Å²) < 4.78 is 10.8. The third-order valence-corrected chi connectivity index (χ3v) is 5.03. The lowest BCUT2D eigenvalue weighted by molar-refractivity contribution is 0.119. The zero-order valence-corrected chi connectivity index (χ0v) is 16.6. The summed E-state index contributed by atoms with van der Waals surface area (Å²) >= 11 is 0. The maximum absolute atomic E-state index is 12.0. The Hall–Kier alpha value is -2.59. The first kappa shape index (κ1) is 19.2. The Morgan fingerprint density at radius 2 is 1.89 bits per heavy atom. The number of rotatable bonds is 6. The molecule has 1 heterocycles. The van der Waals surface area contributed by atoms with Crippen molar-refractivity contribution in [2.45, 2.75) is 46.3 Å². The summed E-state index contributed by atoms with van der Waals surface area (Å²) in [5.74, 6) is 0.411. The average molecular weight is 365 g/mol. The van der Waals surface area contributed by atoms with Crippen LogP contribution in [0.3, 0.4) is 0 Å². The SMILES string of the molecule is COC(C)c1cccc(NCc2cc(=O)oc3cc(C)c(C(C)C)cc23)c1. The molecule has 0 aliphatic carbocycles. The van der Waals surface area contributed by atoms with Crippen molar-refractivity contribution in [3.8, 4) is 0 Å². The predicted molar refractivity (Wildman–Crippen MR) is 111 cm³/mol. The quantitative estimate of drug-likeness (QED) is 0.582. The molecule has 27 heavy (non-hydrogen) atoms. The molecule has 4 heteroatoms. The van der Waals surface area contributed by atoms with Crippen LogP contribution < -0.4 is 10.9 Å². The summed E-state index contributed by atoms with van der Waals surface area (Å²) in [5.41, 5.74) is 5.78. The Bertz CT molecular complexity index is 1000. The second-order valence-electron chi connectivity index (χ2n) is 7.31. The van der Waals surface area contributed by atoms with Gasteiger partial charge in [-0.3, -0.25) is 0 Å². The van der Waals surface area contributed by atoms with E-state index in [0.29, 0.717) is 18.0 Å². The summed E-state index contributed by atoms with van der Waals surface area (Å²) in [6, 6.07) is 13.8. The molecule has 0 bridgehead atoms. The van der Waals surface area contributed by atoms with Crippen LogP contribution in [0.25, 0.3) is 11.0 Å². The van der Waals surface area contributed by atoms with Gasteiger partial charge in [-0.25, -0.2) is 4.79 Å². The number of anilines is 1. The zero-order valence-electron chi connectivity index (χ0n) is 16.6. The number of hydrogen-bond donors (Lipinski definition) is 1. The number of aryl methyl sites for hydroxylation is 1. The molecule has 0 amide bonds. The molecule has 0 aliphatic heterocycles. The van der Waals surface area contributed by atoms with Gasteiger partial charge in [0.1, 0.15) is 5.58 Å². The molecular weight excluding hydrogens is 338 g/mol. The molecule has 142 valence electrons. The fraction of sp³-hybridized carbons (Fsp3) is 0.348. The lowest BCUT2D eigenvalue weighted by atomic mass is 9.95. The van der Waals surface area contributed by atoms with E-state index in [9.17, 15) is 4.79 Å². The zero-order chi connectivity index (χ0) is 19.6. The summed E-state index contributed by atoms with van der Waals surface area (Å²) in [4.78, 5) is 12.0. The second-order valence-corrected chi connectivity index (χ2v) is 7.31. The third kappa shape index (κ3) is 4.22. The Morgan fingerprint density at radius 1 is 1.11 bits per heavy atom. The Balaban J connectivity index is 1.95. The van der Waals surface area contributed by atoms with E-state index < -0.39 is 0 Å². The lowest BCUT2D eigenvalue weighted by Gasteiger charge is -2.15. The number of fused-ring (bicyclic) bond motifs is 1. The van der Waals surface area contributed by atoms with Gasteiger partial charge in [0, 0.05) is 30.8 Å². The van der Waals surface area contributed by atoms with Crippen LogP contribution in [0, 0.1) is 6.92 Å². The van der Waals surface area contributed by atoms with E-state index in [2.05, 4.69) is 38.2 Å². The van der Waals surface area contributed by atoms with Gasteiger partial charge in [0.05, 0.1) is 6.10 Å². The molecule has 0 aliphatic rings. The Kier molecular flexibility index (Phi) is 5.66. The molecule has 0 radical (unpaired) electrons. The van der Waals surface area contributed by atoms with Gasteiger partial charge in [0.2, 0.25) is 0 Å². The van der Waals surface area contributed by atoms with Crippen molar-refractivity contribution >= 4 is 16.7 Å². The summed E-state index contributed by atoms with van der Waals surface area (Å²) in [7, 11) is 1.70. The number of ether oxygens (including phenoxy) is 1. The molecule has 1 aromatic heterocycles. The first-order valence-electron chi connectivity index (χ1n) is 9.33. The van der Waals surface area contributed by atoms with Crippen LogP contribution in [-0.4, -0.2) is 7.11 Å². The van der Waals surface area contributed by atoms with E-state index in [1.165, 1.54) is 5.56 Å². The van der Waals surface area contributed by atoms with Crippen LogP contribution in [0.5, 0.6) is 0 Å². The molecule has 1 atom stereocenters. The smallest absolute Gasteiger partial charge is 0.336 e. The largest absolute Gasteiger partial charge is 0.423 e. The fourth-order valence-electron chi connectivity index (χ4n) is 3.39. The van der Waals surface area contributed by atoms with Crippen molar-refractivity contribution in [3.63, 3.8) is 0 Å². The van der Waals surface area contributed by atoms with Crippen molar-refractivity contribution in [1.29, 1.82) is 0 Å². The maximum atomic E-state index is 12.0. The van der Waals surface area contributed by atoms with E-state index in [1.54, 1.807) is 13.2 Å². The van der Waals surface area contributed by atoms with E-state index in [1.807, 2.05) is 31.2 Å². The van der Waals surface area contributed by atoms with Gasteiger partial charge < -0.3 is 14.5 Å². The van der Waals surface area contributed by atoms with Crippen LogP contribution >= 0.6 is 0 Å². The molecule has 0 saturated heterocycles. The molecule has 4 nitrogen and oxygen atoms in total. The fourth-order valence-corrected chi connectivity index (χ4v) is 3.39. The van der Waals surface area contributed by atoms with Crippen molar-refractivity contribution in [3.05, 3.63) is 75.1 Å². The van der Waals surface area contributed by atoms with E-state index in [0.717, 1.165) is 27.8 Å². The highest BCUT2D eigenvalue weighted by molar-refractivity contribution is 5.82. The number of nitrogens with one attached hydrogen (secondary N) is 1. The highest BCUT2D eigenvalue weighted by Crippen LogP contribution is 2.27. The second kappa shape index (κ2) is 7.97. The monoisotopic (exact) mass is 365 g/mol. The molecule has 0 spiro atoms. The topological polar surface area (TPSA) is 51.5 Å². The molecule has 0 fully saturated rings. The van der Waals surface area contributed by atoms with Gasteiger partial charge in [-0.2, -0.15) is 0 Å². The van der Waals surface area contributed by atoms with Gasteiger partial charge >= 0.3 is 5.63 Å². The van der Waals surface area contributed by atoms with Crippen LogP contribution in [0.1, 0.15) is 55.0 Å². The van der Waals surface area contributed by atoms with Gasteiger partial charge in [0.25, 0.3) is 0 Å². The average Bonchev–Trinajstić information content (AvgIpc) is 2.64. The normalized spacial score (nSPS) is 12.5. The molecule has 3 rings (SSSR count). The molecule has 0 saturated carbocycles. The minimum absolute atomic E-state index is 0.0351. The van der Waals surface area contributed by atoms with Crippen molar-refractivity contribution < 1.29 is 9.15 Å². The third-order valence-electron chi connectivity index (χ3n) is 5.03. The summed E-state index contributed by atoms with van der Waals surface area (Å²) in [6.45, 7) is 8.97. The van der Waals surface area contributed by atoms with Crippen LogP contribution in [0.4, 0.5) is 5.69 Å². The van der Waals surface area contributed by atoms with Crippen LogP contribution in [0.15, 0.2) is 51.7 Å². The number of methoxy groups -OCH3 is 1. The standard InChI is InChI=1S/C23H27NO3/c1-14(2)20-12-21-18(11-23(25)27-22(21)9-15(20)3)13-24-19-8-6-7-17(10-19)16(4)26-5/h6-12,14,16,24H,13H2,1-5H3. The lowest BCUT2D eigenvalue weighted by Crippen LogP contribution is -2.07. The van der Waals surface area contributed by atoms with Gasteiger partial charge in [-0.1, -0.05) is 26.0 Å². The van der Waals surface area contributed by atoms with E-state index >= 15 is 0 Å². The van der Waals surface area contributed by atoms with Crippen molar-refractivity contribution in [2.24, 2.45) is 0 Å². The highest BCUT2D eigenvalue weighted by Gasteiger charge is 2.12. The van der Waals surface area contributed by atoms with E-state index in [-0.39, 0.29) is 11.7 Å². The van der Waals surface area contributed by atoms with Crippen LogP contribution in [0.2, 0.25) is 0 Å². The first-order chi connectivity index (χ1) is 12.9. The van der Waals surface area contributed by atoms with Gasteiger partial charge in [0.15, 0.2) is 0 Å². The minimum atomic E-state index is -0.322.